The van der Waals surface area contributed by atoms with Gasteiger partial charge in [-0.15, -0.1) is 10.2 Å². The summed E-state index contributed by atoms with van der Waals surface area (Å²) in [7, 11) is 1.71. The molecule has 0 aliphatic heterocycles. The van der Waals surface area contributed by atoms with Crippen molar-refractivity contribution in [3.63, 3.8) is 0 Å². The average molecular weight is 314 g/mol. The second-order valence-electron chi connectivity index (χ2n) is 3.39. The molecule has 0 bridgehead atoms. The molecular formula is C11H12BrN3OS. The molecule has 1 aromatic carbocycles. The molecule has 0 radical (unpaired) electrons. The van der Waals surface area contributed by atoms with Gasteiger partial charge in [0.25, 0.3) is 0 Å². The summed E-state index contributed by atoms with van der Waals surface area (Å²) < 4.78 is 5.87. The minimum atomic E-state index is 0.707. The van der Waals surface area contributed by atoms with Gasteiger partial charge in [-0.1, -0.05) is 29.5 Å². The summed E-state index contributed by atoms with van der Waals surface area (Å²) in [5, 5.41) is 12.0. The maximum Gasteiger partial charge on any atom is 0.210 e. The van der Waals surface area contributed by atoms with Crippen LogP contribution in [0.5, 0.6) is 0 Å². The molecule has 0 unspecified atom stereocenters. The number of methoxy groups -OCH3 is 1. The molecule has 0 saturated heterocycles. The summed E-state index contributed by atoms with van der Waals surface area (Å²) in [6, 6.07) is 8.12. The monoisotopic (exact) mass is 313 g/mol. The summed E-state index contributed by atoms with van der Waals surface area (Å²) in [6.45, 7) is 0.707. The lowest BCUT2D eigenvalue weighted by molar-refractivity contribution is 0.202. The molecule has 1 aromatic heterocycles. The fourth-order valence-corrected chi connectivity index (χ4v) is 2.47. The van der Waals surface area contributed by atoms with Crippen LogP contribution in [-0.2, 0) is 11.2 Å². The SMILES string of the molecule is COCCc1ccccc1Nc1nnc(Br)s1. The number of hydrogen-bond donors (Lipinski definition) is 1. The molecule has 0 spiro atoms. The summed E-state index contributed by atoms with van der Waals surface area (Å²) in [6.07, 6.45) is 0.875. The Kier molecular flexibility index (Phi) is 4.47. The highest BCUT2D eigenvalue weighted by Gasteiger charge is 2.05. The Balaban J connectivity index is 2.14. The number of aromatic nitrogens is 2. The number of hydrogen-bond acceptors (Lipinski definition) is 5. The molecule has 0 aliphatic carbocycles. The van der Waals surface area contributed by atoms with Crippen molar-refractivity contribution in [1.82, 2.24) is 10.2 Å². The van der Waals surface area contributed by atoms with E-state index in [4.69, 9.17) is 4.74 Å². The summed E-state index contributed by atoms with van der Waals surface area (Å²) in [4.78, 5) is 0. The van der Waals surface area contributed by atoms with Gasteiger partial charge in [-0.2, -0.15) is 0 Å². The minimum absolute atomic E-state index is 0.707. The number of benzene rings is 1. The van der Waals surface area contributed by atoms with Crippen molar-refractivity contribution in [2.24, 2.45) is 0 Å². The number of nitrogens with zero attached hydrogens (tertiary/aromatic N) is 2. The molecule has 90 valence electrons. The Labute approximate surface area is 112 Å². The largest absolute Gasteiger partial charge is 0.384 e. The Hall–Kier alpha value is -0.980. The first-order valence-electron chi connectivity index (χ1n) is 5.12. The Morgan fingerprint density at radius 3 is 2.88 bits per heavy atom. The number of rotatable bonds is 5. The van der Waals surface area contributed by atoms with Crippen molar-refractivity contribution in [2.45, 2.75) is 6.42 Å². The molecule has 0 aliphatic rings. The van der Waals surface area contributed by atoms with Gasteiger partial charge in [0.1, 0.15) is 0 Å². The van der Waals surface area contributed by atoms with Crippen LogP contribution in [0.25, 0.3) is 0 Å². The van der Waals surface area contributed by atoms with Crippen LogP contribution in [0, 0.1) is 0 Å². The Morgan fingerprint density at radius 2 is 2.18 bits per heavy atom. The van der Waals surface area contributed by atoms with Crippen LogP contribution in [0.1, 0.15) is 5.56 Å². The van der Waals surface area contributed by atoms with Gasteiger partial charge >= 0.3 is 0 Å². The third-order valence-corrected chi connectivity index (χ3v) is 3.51. The van der Waals surface area contributed by atoms with E-state index >= 15 is 0 Å². The number of halogens is 1. The zero-order valence-corrected chi connectivity index (χ0v) is 11.7. The summed E-state index contributed by atoms with van der Waals surface area (Å²) in [5.74, 6) is 0. The summed E-state index contributed by atoms with van der Waals surface area (Å²) in [5.41, 5.74) is 2.26. The molecule has 0 fully saturated rings. The van der Waals surface area contributed by atoms with Gasteiger partial charge in [-0.25, -0.2) is 0 Å². The second-order valence-corrected chi connectivity index (χ2v) is 5.64. The molecule has 0 saturated carbocycles. The van der Waals surface area contributed by atoms with Crippen LogP contribution in [0.2, 0.25) is 0 Å². The van der Waals surface area contributed by atoms with Gasteiger partial charge in [0.05, 0.1) is 6.61 Å². The lowest BCUT2D eigenvalue weighted by Gasteiger charge is -2.08. The van der Waals surface area contributed by atoms with Gasteiger partial charge in [0, 0.05) is 12.8 Å². The topological polar surface area (TPSA) is 47.0 Å². The third-order valence-electron chi connectivity index (χ3n) is 2.23. The Bertz CT molecular complexity index is 489. The zero-order valence-electron chi connectivity index (χ0n) is 9.31. The van der Waals surface area contributed by atoms with Gasteiger partial charge in [0.2, 0.25) is 5.13 Å². The van der Waals surface area contributed by atoms with Crippen molar-refractivity contribution < 1.29 is 4.74 Å². The first-order chi connectivity index (χ1) is 8.29. The van der Waals surface area contributed by atoms with Crippen molar-refractivity contribution in [2.75, 3.05) is 19.0 Å². The van der Waals surface area contributed by atoms with Crippen LogP contribution in [0.4, 0.5) is 10.8 Å². The molecule has 4 nitrogen and oxygen atoms in total. The molecule has 17 heavy (non-hydrogen) atoms. The van der Waals surface area contributed by atoms with Crippen molar-refractivity contribution >= 4 is 38.1 Å². The van der Waals surface area contributed by atoms with E-state index in [9.17, 15) is 0 Å². The fraction of sp³-hybridized carbons (Fsp3) is 0.273. The van der Waals surface area contributed by atoms with E-state index in [2.05, 4.69) is 37.5 Å². The van der Waals surface area contributed by atoms with E-state index in [1.807, 2.05) is 18.2 Å². The minimum Gasteiger partial charge on any atom is -0.384 e. The maximum atomic E-state index is 5.09. The molecule has 0 atom stereocenters. The van der Waals surface area contributed by atoms with Gasteiger partial charge in [0.15, 0.2) is 3.92 Å². The van der Waals surface area contributed by atoms with Crippen LogP contribution in [0.15, 0.2) is 28.2 Å². The van der Waals surface area contributed by atoms with E-state index in [1.165, 1.54) is 16.9 Å². The van der Waals surface area contributed by atoms with E-state index in [0.29, 0.717) is 6.61 Å². The van der Waals surface area contributed by atoms with Crippen LogP contribution in [0.3, 0.4) is 0 Å². The van der Waals surface area contributed by atoms with Crippen LogP contribution in [-0.4, -0.2) is 23.9 Å². The van der Waals surface area contributed by atoms with E-state index in [1.54, 1.807) is 7.11 Å². The standard InChI is InChI=1S/C11H12BrN3OS/c1-16-7-6-8-4-2-3-5-9(8)13-11-15-14-10(12)17-11/h2-5H,6-7H2,1H3,(H,13,15). The van der Waals surface area contributed by atoms with Gasteiger partial charge in [-0.05, 0) is 34.0 Å². The molecular weight excluding hydrogens is 302 g/mol. The first kappa shape index (κ1) is 12.5. The maximum absolute atomic E-state index is 5.09. The van der Waals surface area contributed by atoms with Gasteiger partial charge < -0.3 is 10.1 Å². The Morgan fingerprint density at radius 1 is 1.35 bits per heavy atom. The molecule has 1 N–H and O–H groups in total. The summed E-state index contributed by atoms with van der Waals surface area (Å²) >= 11 is 4.76. The van der Waals surface area contributed by atoms with Crippen molar-refractivity contribution in [3.8, 4) is 0 Å². The molecule has 2 aromatic rings. The van der Waals surface area contributed by atoms with E-state index < -0.39 is 0 Å². The second kappa shape index (κ2) is 6.09. The van der Waals surface area contributed by atoms with Gasteiger partial charge in [-0.3, -0.25) is 0 Å². The zero-order chi connectivity index (χ0) is 12.1. The lowest BCUT2D eigenvalue weighted by atomic mass is 10.1. The van der Waals surface area contributed by atoms with Crippen molar-refractivity contribution in [3.05, 3.63) is 33.7 Å². The normalized spacial score (nSPS) is 10.5. The number of nitrogens with one attached hydrogen (secondary N) is 1. The van der Waals surface area contributed by atoms with E-state index in [0.717, 1.165) is 21.2 Å². The molecule has 6 heteroatoms. The first-order valence-corrected chi connectivity index (χ1v) is 6.73. The predicted molar refractivity (Wildman–Crippen MR) is 72.9 cm³/mol. The number of ether oxygens (including phenoxy) is 1. The molecule has 2 rings (SSSR count). The quantitative estimate of drug-likeness (QED) is 0.920. The average Bonchev–Trinajstić information content (AvgIpc) is 2.74. The highest BCUT2D eigenvalue weighted by Crippen LogP contribution is 2.26. The van der Waals surface area contributed by atoms with E-state index in [-0.39, 0.29) is 0 Å². The fourth-order valence-electron chi connectivity index (χ4n) is 1.44. The number of para-hydroxylation sites is 1. The highest BCUT2D eigenvalue weighted by molar-refractivity contribution is 9.11. The van der Waals surface area contributed by atoms with Crippen LogP contribution < -0.4 is 5.32 Å². The molecule has 1 heterocycles. The highest BCUT2D eigenvalue weighted by atomic mass is 79.9. The number of anilines is 2. The van der Waals surface area contributed by atoms with Crippen LogP contribution >= 0.6 is 27.3 Å². The predicted octanol–water partition coefficient (Wildman–Crippen LogP) is 3.23. The third kappa shape index (κ3) is 3.49. The lowest BCUT2D eigenvalue weighted by Crippen LogP contribution is -1.99. The van der Waals surface area contributed by atoms with Crippen molar-refractivity contribution in [1.29, 1.82) is 0 Å². The smallest absolute Gasteiger partial charge is 0.210 e. The molecule has 0 amide bonds.